The van der Waals surface area contributed by atoms with Crippen LogP contribution in [0.2, 0.25) is 0 Å². The summed E-state index contributed by atoms with van der Waals surface area (Å²) < 4.78 is 7.16. The third-order valence-electron chi connectivity index (χ3n) is 2.39. The highest BCUT2D eigenvalue weighted by Crippen LogP contribution is 2.22. The normalized spacial score (nSPS) is 10.1. The van der Waals surface area contributed by atoms with Gasteiger partial charge in [0.15, 0.2) is 6.61 Å². The van der Waals surface area contributed by atoms with Gasteiger partial charge in [0.1, 0.15) is 5.75 Å². The molecule has 2 rings (SSSR count). The SMILES string of the molecule is Nc1cc(Br)cc(OCC(=O)Nc2ccc(Br)cc2)c1. The van der Waals surface area contributed by atoms with Crippen molar-refractivity contribution in [2.45, 2.75) is 0 Å². The minimum Gasteiger partial charge on any atom is -0.484 e. The first-order valence-corrected chi connectivity index (χ1v) is 7.36. The van der Waals surface area contributed by atoms with Crippen LogP contribution in [0.5, 0.6) is 5.75 Å². The number of nitrogens with one attached hydrogen (secondary N) is 1. The summed E-state index contributed by atoms with van der Waals surface area (Å²) in [7, 11) is 0. The molecule has 0 aliphatic rings. The molecule has 1 amide bonds. The van der Waals surface area contributed by atoms with Crippen LogP contribution >= 0.6 is 31.9 Å². The van der Waals surface area contributed by atoms with Gasteiger partial charge in [-0.05, 0) is 36.4 Å². The standard InChI is InChI=1S/C14H12Br2N2O2/c15-9-1-3-12(4-2-9)18-14(19)8-20-13-6-10(16)5-11(17)7-13/h1-7H,8,17H2,(H,18,19). The fourth-order valence-electron chi connectivity index (χ4n) is 1.55. The molecular formula is C14H12Br2N2O2. The molecule has 0 radical (unpaired) electrons. The average molecular weight is 400 g/mol. The van der Waals surface area contributed by atoms with Crippen LogP contribution in [0.15, 0.2) is 51.4 Å². The van der Waals surface area contributed by atoms with E-state index in [2.05, 4.69) is 37.2 Å². The van der Waals surface area contributed by atoms with Crippen LogP contribution in [-0.2, 0) is 4.79 Å². The molecule has 0 aliphatic heterocycles. The first kappa shape index (κ1) is 14.9. The molecule has 0 aromatic heterocycles. The number of rotatable bonds is 4. The number of carbonyl (C=O) groups excluding carboxylic acids is 1. The number of nitrogen functional groups attached to an aromatic ring is 1. The van der Waals surface area contributed by atoms with Crippen molar-refractivity contribution < 1.29 is 9.53 Å². The van der Waals surface area contributed by atoms with E-state index in [9.17, 15) is 4.79 Å². The molecule has 0 heterocycles. The van der Waals surface area contributed by atoms with E-state index in [0.29, 0.717) is 11.4 Å². The Hall–Kier alpha value is -1.53. The Bertz CT molecular complexity index is 595. The molecule has 3 N–H and O–H groups in total. The molecule has 20 heavy (non-hydrogen) atoms. The van der Waals surface area contributed by atoms with Gasteiger partial charge >= 0.3 is 0 Å². The molecule has 0 spiro atoms. The van der Waals surface area contributed by atoms with Crippen LogP contribution in [0.4, 0.5) is 11.4 Å². The zero-order chi connectivity index (χ0) is 14.5. The monoisotopic (exact) mass is 398 g/mol. The maximum atomic E-state index is 11.7. The zero-order valence-electron chi connectivity index (χ0n) is 10.4. The molecule has 2 aromatic carbocycles. The predicted molar refractivity (Wildman–Crippen MR) is 86.8 cm³/mol. The Morgan fingerprint density at radius 2 is 1.80 bits per heavy atom. The Labute approximate surface area is 133 Å². The van der Waals surface area contributed by atoms with E-state index in [1.165, 1.54) is 0 Å². The van der Waals surface area contributed by atoms with Gasteiger partial charge in [-0.15, -0.1) is 0 Å². The van der Waals surface area contributed by atoms with Crippen LogP contribution < -0.4 is 15.8 Å². The van der Waals surface area contributed by atoms with Gasteiger partial charge in [0.25, 0.3) is 5.91 Å². The molecular weight excluding hydrogens is 388 g/mol. The fraction of sp³-hybridized carbons (Fsp3) is 0.0714. The van der Waals surface area contributed by atoms with Gasteiger partial charge in [0.2, 0.25) is 0 Å². The Morgan fingerprint density at radius 1 is 1.10 bits per heavy atom. The van der Waals surface area contributed by atoms with Crippen LogP contribution in [0, 0.1) is 0 Å². The molecule has 0 bridgehead atoms. The lowest BCUT2D eigenvalue weighted by molar-refractivity contribution is -0.118. The molecule has 4 nitrogen and oxygen atoms in total. The van der Waals surface area contributed by atoms with Crippen molar-refractivity contribution in [2.24, 2.45) is 0 Å². The van der Waals surface area contributed by atoms with Crippen LogP contribution in [0.1, 0.15) is 0 Å². The maximum Gasteiger partial charge on any atom is 0.262 e. The largest absolute Gasteiger partial charge is 0.484 e. The first-order valence-electron chi connectivity index (χ1n) is 5.77. The number of hydrogen-bond donors (Lipinski definition) is 2. The van der Waals surface area contributed by atoms with Crippen molar-refractivity contribution in [3.8, 4) is 5.75 Å². The molecule has 0 fully saturated rings. The van der Waals surface area contributed by atoms with Crippen LogP contribution in [0.25, 0.3) is 0 Å². The van der Waals surface area contributed by atoms with Gasteiger partial charge in [-0.25, -0.2) is 0 Å². The highest BCUT2D eigenvalue weighted by Gasteiger charge is 2.05. The molecule has 104 valence electrons. The van der Waals surface area contributed by atoms with Crippen molar-refractivity contribution >= 4 is 49.1 Å². The van der Waals surface area contributed by atoms with Gasteiger partial charge in [0.05, 0.1) is 0 Å². The Balaban J connectivity index is 1.90. The number of anilines is 2. The second-order valence-electron chi connectivity index (χ2n) is 4.06. The van der Waals surface area contributed by atoms with E-state index in [1.54, 1.807) is 30.3 Å². The molecule has 2 aromatic rings. The maximum absolute atomic E-state index is 11.7. The smallest absolute Gasteiger partial charge is 0.262 e. The fourth-order valence-corrected chi connectivity index (χ4v) is 2.30. The van der Waals surface area contributed by atoms with E-state index < -0.39 is 0 Å². The number of hydrogen-bond acceptors (Lipinski definition) is 3. The van der Waals surface area contributed by atoms with Gasteiger partial charge in [-0.3, -0.25) is 4.79 Å². The van der Waals surface area contributed by atoms with Crippen LogP contribution in [0.3, 0.4) is 0 Å². The second kappa shape index (κ2) is 6.76. The van der Waals surface area contributed by atoms with E-state index >= 15 is 0 Å². The van der Waals surface area contributed by atoms with E-state index in [0.717, 1.165) is 14.6 Å². The molecule has 0 saturated carbocycles. The Morgan fingerprint density at radius 3 is 2.45 bits per heavy atom. The highest BCUT2D eigenvalue weighted by atomic mass is 79.9. The van der Waals surface area contributed by atoms with Crippen molar-refractivity contribution in [1.82, 2.24) is 0 Å². The van der Waals surface area contributed by atoms with Crippen molar-refractivity contribution in [1.29, 1.82) is 0 Å². The quantitative estimate of drug-likeness (QED) is 0.768. The number of benzene rings is 2. The molecule has 0 aliphatic carbocycles. The summed E-state index contributed by atoms with van der Waals surface area (Å²) in [4.78, 5) is 11.7. The number of amides is 1. The second-order valence-corrected chi connectivity index (χ2v) is 5.90. The predicted octanol–water partition coefficient (Wildman–Crippen LogP) is 3.81. The van der Waals surface area contributed by atoms with Crippen LogP contribution in [-0.4, -0.2) is 12.5 Å². The molecule has 0 saturated heterocycles. The lowest BCUT2D eigenvalue weighted by atomic mass is 10.3. The topological polar surface area (TPSA) is 64.3 Å². The van der Waals surface area contributed by atoms with E-state index in [1.807, 2.05) is 12.1 Å². The van der Waals surface area contributed by atoms with E-state index in [4.69, 9.17) is 10.5 Å². The number of nitrogens with two attached hydrogens (primary N) is 1. The van der Waals surface area contributed by atoms with Crippen molar-refractivity contribution in [2.75, 3.05) is 17.7 Å². The molecule has 0 atom stereocenters. The number of ether oxygens (including phenoxy) is 1. The minimum atomic E-state index is -0.231. The summed E-state index contributed by atoms with van der Waals surface area (Å²) in [6.07, 6.45) is 0. The lowest BCUT2D eigenvalue weighted by Gasteiger charge is -2.08. The van der Waals surface area contributed by atoms with Gasteiger partial charge < -0.3 is 15.8 Å². The van der Waals surface area contributed by atoms with Crippen molar-refractivity contribution in [3.63, 3.8) is 0 Å². The van der Waals surface area contributed by atoms with Gasteiger partial charge in [-0.2, -0.15) is 0 Å². The van der Waals surface area contributed by atoms with E-state index in [-0.39, 0.29) is 12.5 Å². The van der Waals surface area contributed by atoms with Gasteiger partial charge in [-0.1, -0.05) is 31.9 Å². The lowest BCUT2D eigenvalue weighted by Crippen LogP contribution is -2.20. The van der Waals surface area contributed by atoms with Crippen molar-refractivity contribution in [3.05, 3.63) is 51.4 Å². The third-order valence-corrected chi connectivity index (χ3v) is 3.38. The highest BCUT2D eigenvalue weighted by molar-refractivity contribution is 9.10. The average Bonchev–Trinajstić information content (AvgIpc) is 2.38. The number of halogens is 2. The number of carbonyl (C=O) groups is 1. The summed E-state index contributed by atoms with van der Waals surface area (Å²) in [6, 6.07) is 12.5. The first-order chi connectivity index (χ1) is 9.52. The summed E-state index contributed by atoms with van der Waals surface area (Å²) >= 11 is 6.65. The molecule has 6 heteroatoms. The van der Waals surface area contributed by atoms with Gasteiger partial charge in [0, 0.05) is 26.4 Å². The summed E-state index contributed by atoms with van der Waals surface area (Å²) in [6.45, 7) is -0.0774. The summed E-state index contributed by atoms with van der Waals surface area (Å²) in [5.41, 5.74) is 6.98. The minimum absolute atomic E-state index is 0.0774. The Kier molecular flexibility index (Phi) is 5.03. The summed E-state index contributed by atoms with van der Waals surface area (Å²) in [5.74, 6) is 0.314. The zero-order valence-corrected chi connectivity index (χ0v) is 13.6. The summed E-state index contributed by atoms with van der Waals surface area (Å²) in [5, 5.41) is 2.74. The third kappa shape index (κ3) is 4.54. The molecule has 0 unspecified atom stereocenters.